The van der Waals surface area contributed by atoms with Crippen LogP contribution in [0.2, 0.25) is 0 Å². The molecule has 3 atom stereocenters. The normalized spacial score (nSPS) is 20.7. The fourth-order valence-electron chi connectivity index (χ4n) is 5.00. The summed E-state index contributed by atoms with van der Waals surface area (Å²) in [5, 5.41) is 3.09. The van der Waals surface area contributed by atoms with Crippen molar-refractivity contribution in [2.75, 3.05) is 0 Å². The van der Waals surface area contributed by atoms with Gasteiger partial charge in [0.25, 0.3) is 5.56 Å². The van der Waals surface area contributed by atoms with Gasteiger partial charge in [-0.15, -0.1) is 0 Å². The molecule has 4 rings (SSSR count). The molecule has 0 radical (unpaired) electrons. The van der Waals surface area contributed by atoms with Crippen LogP contribution in [0.1, 0.15) is 52.5 Å². The second-order valence-corrected chi connectivity index (χ2v) is 10.1. The van der Waals surface area contributed by atoms with E-state index in [0.29, 0.717) is 29.5 Å². The summed E-state index contributed by atoms with van der Waals surface area (Å²) in [5.41, 5.74) is 0.644. The van der Waals surface area contributed by atoms with Crippen molar-refractivity contribution in [2.45, 2.75) is 72.6 Å². The lowest BCUT2D eigenvalue weighted by Gasteiger charge is -2.34. The predicted molar refractivity (Wildman–Crippen MR) is 133 cm³/mol. The molecule has 2 aromatic heterocycles. The van der Waals surface area contributed by atoms with Crippen LogP contribution in [0.3, 0.4) is 0 Å². The number of hydrogen-bond acceptors (Lipinski definition) is 4. The second kappa shape index (κ2) is 9.99. The number of carbonyl (C=O) groups is 1. The van der Waals surface area contributed by atoms with E-state index in [2.05, 4.69) is 38.0 Å². The molecule has 1 amide bonds. The second-order valence-electron chi connectivity index (χ2n) is 10.1. The highest BCUT2D eigenvalue weighted by Gasteiger charge is 2.29. The van der Waals surface area contributed by atoms with Crippen LogP contribution in [0.5, 0.6) is 0 Å². The van der Waals surface area contributed by atoms with Gasteiger partial charge in [-0.2, -0.15) is 0 Å². The third-order valence-corrected chi connectivity index (χ3v) is 7.08. The van der Waals surface area contributed by atoms with Gasteiger partial charge in [0.05, 0.1) is 12.9 Å². The first-order valence-electron chi connectivity index (χ1n) is 12.3. The minimum Gasteiger partial charge on any atom is -0.352 e. The monoisotopic (exact) mass is 465 g/mol. The first-order valence-corrected chi connectivity index (χ1v) is 12.3. The Hall–Kier alpha value is -3.16. The first kappa shape index (κ1) is 24.0. The van der Waals surface area contributed by atoms with E-state index in [1.54, 1.807) is 10.9 Å². The van der Waals surface area contributed by atoms with Gasteiger partial charge in [-0.3, -0.25) is 14.2 Å². The Bertz CT molecular complexity index is 1270. The zero-order chi connectivity index (χ0) is 24.4. The number of imidazole rings is 1. The molecule has 1 aliphatic carbocycles. The number of rotatable bonds is 7. The summed E-state index contributed by atoms with van der Waals surface area (Å²) in [6, 6.07) is 9.65. The molecule has 0 spiro atoms. The molecule has 182 valence electrons. The lowest BCUT2D eigenvalue weighted by atomic mass is 9.78. The fraction of sp³-hybridized carbons (Fsp3) is 0.538. The van der Waals surface area contributed by atoms with Gasteiger partial charge in [-0.1, -0.05) is 70.9 Å². The quantitative estimate of drug-likeness (QED) is 0.581. The molecule has 3 aromatic rings. The highest BCUT2D eigenvalue weighted by molar-refractivity contribution is 5.77. The summed E-state index contributed by atoms with van der Waals surface area (Å²) in [6.07, 6.45) is 4.77. The molecular weight excluding hydrogens is 430 g/mol. The van der Waals surface area contributed by atoms with Gasteiger partial charge < -0.3 is 9.88 Å². The topological polar surface area (TPSA) is 90.9 Å². The van der Waals surface area contributed by atoms with E-state index in [1.807, 2.05) is 30.3 Å². The van der Waals surface area contributed by atoms with Crippen LogP contribution in [0.15, 0.2) is 46.2 Å². The molecule has 1 saturated carbocycles. The van der Waals surface area contributed by atoms with Crippen molar-refractivity contribution < 1.29 is 4.79 Å². The SMILES string of the molecule is CC(C)Cn1cnc2c1c(=O)n(CC(=O)NC1CCCC(C)C1C)c(=O)n2Cc1ccccc1. The van der Waals surface area contributed by atoms with Crippen LogP contribution in [0.25, 0.3) is 11.2 Å². The Balaban J connectivity index is 1.73. The maximum atomic E-state index is 13.5. The molecule has 34 heavy (non-hydrogen) atoms. The Labute approximate surface area is 199 Å². The van der Waals surface area contributed by atoms with Crippen molar-refractivity contribution in [3.05, 3.63) is 63.1 Å². The molecule has 1 aromatic carbocycles. The molecule has 0 saturated heterocycles. The average Bonchev–Trinajstić information content (AvgIpc) is 3.21. The third-order valence-electron chi connectivity index (χ3n) is 7.08. The Morgan fingerprint density at radius 2 is 1.85 bits per heavy atom. The molecular formula is C26H35N5O3. The molecule has 1 fully saturated rings. The maximum Gasteiger partial charge on any atom is 0.333 e. The van der Waals surface area contributed by atoms with E-state index in [0.717, 1.165) is 29.4 Å². The van der Waals surface area contributed by atoms with Gasteiger partial charge in [0.1, 0.15) is 6.54 Å². The van der Waals surface area contributed by atoms with Crippen LogP contribution >= 0.6 is 0 Å². The predicted octanol–water partition coefficient (Wildman–Crippen LogP) is 3.00. The van der Waals surface area contributed by atoms with Crippen LogP contribution in [0.4, 0.5) is 0 Å². The molecule has 2 heterocycles. The highest BCUT2D eigenvalue weighted by atomic mass is 16.2. The number of nitrogens with one attached hydrogen (secondary N) is 1. The van der Waals surface area contributed by atoms with Crippen molar-refractivity contribution in [3.63, 3.8) is 0 Å². The first-order chi connectivity index (χ1) is 16.3. The summed E-state index contributed by atoms with van der Waals surface area (Å²) in [6.45, 7) is 9.05. The van der Waals surface area contributed by atoms with Gasteiger partial charge in [-0.05, 0) is 29.7 Å². The van der Waals surface area contributed by atoms with Gasteiger partial charge in [0.15, 0.2) is 11.2 Å². The zero-order valence-corrected chi connectivity index (χ0v) is 20.5. The number of hydrogen-bond donors (Lipinski definition) is 1. The summed E-state index contributed by atoms with van der Waals surface area (Å²) < 4.78 is 4.36. The van der Waals surface area contributed by atoms with E-state index in [9.17, 15) is 14.4 Å². The molecule has 1 aliphatic rings. The van der Waals surface area contributed by atoms with E-state index >= 15 is 0 Å². The van der Waals surface area contributed by atoms with Gasteiger partial charge in [-0.25, -0.2) is 14.3 Å². The summed E-state index contributed by atoms with van der Waals surface area (Å²) in [5.74, 6) is 0.884. The van der Waals surface area contributed by atoms with Gasteiger partial charge in [0.2, 0.25) is 5.91 Å². The van der Waals surface area contributed by atoms with Crippen molar-refractivity contribution >= 4 is 17.1 Å². The highest BCUT2D eigenvalue weighted by Crippen LogP contribution is 2.29. The average molecular weight is 466 g/mol. The van der Waals surface area contributed by atoms with E-state index in [4.69, 9.17) is 0 Å². The smallest absolute Gasteiger partial charge is 0.333 e. The van der Waals surface area contributed by atoms with E-state index in [-0.39, 0.29) is 31.0 Å². The van der Waals surface area contributed by atoms with Crippen LogP contribution in [-0.4, -0.2) is 30.6 Å². The van der Waals surface area contributed by atoms with Crippen molar-refractivity contribution in [1.82, 2.24) is 24.0 Å². The minimum atomic E-state index is -0.517. The molecule has 1 N–H and O–H groups in total. The molecule has 8 heteroatoms. The number of fused-ring (bicyclic) bond motifs is 1. The standard InChI is InChI=1S/C26H35N5O3/c1-17(2)13-29-16-27-24-23(29)25(33)31(26(34)30(24)14-20-10-6-5-7-11-20)15-22(32)28-21-12-8-9-18(3)19(21)4/h5-7,10-11,16-19,21H,8-9,12-15H2,1-4H3,(H,28,32). The van der Waals surface area contributed by atoms with Crippen molar-refractivity contribution in [1.29, 1.82) is 0 Å². The molecule has 0 bridgehead atoms. The van der Waals surface area contributed by atoms with Crippen LogP contribution in [-0.2, 0) is 24.4 Å². The summed E-state index contributed by atoms with van der Waals surface area (Å²) in [7, 11) is 0. The van der Waals surface area contributed by atoms with Crippen molar-refractivity contribution in [3.8, 4) is 0 Å². The Morgan fingerprint density at radius 1 is 1.12 bits per heavy atom. The van der Waals surface area contributed by atoms with E-state index < -0.39 is 11.2 Å². The van der Waals surface area contributed by atoms with Crippen LogP contribution in [0, 0.1) is 17.8 Å². The van der Waals surface area contributed by atoms with Crippen molar-refractivity contribution in [2.24, 2.45) is 17.8 Å². The number of amides is 1. The Kier molecular flexibility index (Phi) is 7.05. The lowest BCUT2D eigenvalue weighted by molar-refractivity contribution is -0.123. The van der Waals surface area contributed by atoms with Gasteiger partial charge >= 0.3 is 5.69 Å². The Morgan fingerprint density at radius 3 is 2.56 bits per heavy atom. The number of benzene rings is 1. The summed E-state index contributed by atoms with van der Waals surface area (Å²) in [4.78, 5) is 44.4. The largest absolute Gasteiger partial charge is 0.352 e. The zero-order valence-electron chi connectivity index (χ0n) is 20.5. The molecule has 8 nitrogen and oxygen atoms in total. The minimum absolute atomic E-state index is 0.0636. The fourth-order valence-corrected chi connectivity index (χ4v) is 5.00. The van der Waals surface area contributed by atoms with E-state index in [1.165, 1.54) is 4.57 Å². The molecule has 3 unspecified atom stereocenters. The maximum absolute atomic E-state index is 13.5. The number of aromatic nitrogens is 4. The van der Waals surface area contributed by atoms with Gasteiger partial charge in [0, 0.05) is 12.6 Å². The number of carbonyl (C=O) groups excluding carboxylic acids is 1. The molecule has 0 aliphatic heterocycles. The number of nitrogens with zero attached hydrogens (tertiary/aromatic N) is 4. The summed E-state index contributed by atoms with van der Waals surface area (Å²) >= 11 is 0. The van der Waals surface area contributed by atoms with Crippen LogP contribution < -0.4 is 16.6 Å². The lowest BCUT2D eigenvalue weighted by Crippen LogP contribution is -2.48. The third kappa shape index (κ3) is 4.86.